The fourth-order valence-electron chi connectivity index (χ4n) is 0.923. The van der Waals surface area contributed by atoms with Gasteiger partial charge in [0.05, 0.1) is 5.01 Å². The van der Waals surface area contributed by atoms with E-state index in [9.17, 15) is 0 Å². The van der Waals surface area contributed by atoms with E-state index in [0.29, 0.717) is 0 Å². The lowest BCUT2D eigenvalue weighted by Gasteiger charge is -1.94. The van der Waals surface area contributed by atoms with Crippen LogP contribution in [0.3, 0.4) is 0 Å². The summed E-state index contributed by atoms with van der Waals surface area (Å²) in [4.78, 5) is 5.74. The molecular formula is C8H13BrN2S. The van der Waals surface area contributed by atoms with E-state index < -0.39 is 0 Å². The number of nitrogens with zero attached hydrogens (tertiary/aromatic N) is 1. The van der Waals surface area contributed by atoms with Gasteiger partial charge in [-0.3, -0.25) is 0 Å². The van der Waals surface area contributed by atoms with Crippen LogP contribution in [0.1, 0.15) is 16.8 Å². The van der Waals surface area contributed by atoms with Crippen molar-refractivity contribution in [2.75, 3.05) is 13.6 Å². The number of hydrogen-bond acceptors (Lipinski definition) is 3. The number of nitrogens with one attached hydrogen (secondary N) is 1. The van der Waals surface area contributed by atoms with E-state index in [2.05, 4.69) is 33.2 Å². The second-order valence-corrected chi connectivity index (χ2v) is 4.45. The average Bonchev–Trinajstić information content (AvgIpc) is 2.43. The summed E-state index contributed by atoms with van der Waals surface area (Å²) in [5.41, 5.74) is 0. The van der Waals surface area contributed by atoms with Crippen molar-refractivity contribution in [1.29, 1.82) is 0 Å². The van der Waals surface area contributed by atoms with Gasteiger partial charge in [0, 0.05) is 4.88 Å². The number of halogens is 1. The molecule has 0 aliphatic rings. The first-order valence-corrected chi connectivity index (χ1v) is 5.67. The first kappa shape index (κ1) is 10.2. The summed E-state index contributed by atoms with van der Waals surface area (Å²) in [6, 6.07) is 0. The Balaban J connectivity index is 2.64. The zero-order valence-electron chi connectivity index (χ0n) is 7.35. The van der Waals surface area contributed by atoms with Crippen LogP contribution >= 0.6 is 27.3 Å². The van der Waals surface area contributed by atoms with Crippen LogP contribution in [-0.2, 0) is 12.8 Å². The number of aryl methyl sites for hydroxylation is 1. The van der Waals surface area contributed by atoms with Crippen LogP contribution in [0.5, 0.6) is 0 Å². The number of rotatable bonds is 4. The third kappa shape index (κ3) is 2.54. The molecule has 1 N–H and O–H groups in total. The van der Waals surface area contributed by atoms with Crippen molar-refractivity contribution < 1.29 is 0 Å². The molecule has 0 spiro atoms. The van der Waals surface area contributed by atoms with Gasteiger partial charge >= 0.3 is 0 Å². The van der Waals surface area contributed by atoms with Gasteiger partial charge in [-0.05, 0) is 42.4 Å². The summed E-state index contributed by atoms with van der Waals surface area (Å²) in [7, 11) is 1.97. The SMILES string of the molecule is CCc1nc(Br)c(CCNC)s1. The van der Waals surface area contributed by atoms with E-state index >= 15 is 0 Å². The van der Waals surface area contributed by atoms with Crippen molar-refractivity contribution in [2.24, 2.45) is 0 Å². The van der Waals surface area contributed by atoms with Gasteiger partial charge in [0.2, 0.25) is 0 Å². The highest BCUT2D eigenvalue weighted by Crippen LogP contribution is 2.23. The van der Waals surface area contributed by atoms with Gasteiger partial charge in [-0.25, -0.2) is 4.98 Å². The molecule has 0 saturated carbocycles. The number of likely N-dealkylation sites (N-methyl/N-ethyl adjacent to an activating group) is 1. The van der Waals surface area contributed by atoms with Gasteiger partial charge in [-0.1, -0.05) is 6.92 Å². The molecule has 0 unspecified atom stereocenters. The minimum Gasteiger partial charge on any atom is -0.319 e. The highest BCUT2D eigenvalue weighted by Gasteiger charge is 2.06. The van der Waals surface area contributed by atoms with Gasteiger partial charge in [0.25, 0.3) is 0 Å². The summed E-state index contributed by atoms with van der Waals surface area (Å²) >= 11 is 5.26. The first-order chi connectivity index (χ1) is 5.77. The molecule has 68 valence electrons. The predicted molar refractivity (Wildman–Crippen MR) is 56.8 cm³/mol. The molecule has 0 saturated heterocycles. The van der Waals surface area contributed by atoms with Crippen molar-refractivity contribution in [3.8, 4) is 0 Å². The molecular weight excluding hydrogens is 236 g/mol. The number of hydrogen-bond donors (Lipinski definition) is 1. The number of thiazole rings is 1. The van der Waals surface area contributed by atoms with Gasteiger partial charge in [-0.15, -0.1) is 11.3 Å². The van der Waals surface area contributed by atoms with Gasteiger partial charge in [0.15, 0.2) is 0 Å². The predicted octanol–water partition coefficient (Wildman–Crippen LogP) is 2.23. The largest absolute Gasteiger partial charge is 0.319 e. The molecule has 1 heterocycles. The molecule has 0 aromatic carbocycles. The Labute approximate surface area is 85.5 Å². The highest BCUT2D eigenvalue weighted by molar-refractivity contribution is 9.10. The molecule has 0 bridgehead atoms. The van der Waals surface area contributed by atoms with E-state index in [1.165, 1.54) is 9.88 Å². The van der Waals surface area contributed by atoms with E-state index in [-0.39, 0.29) is 0 Å². The third-order valence-electron chi connectivity index (χ3n) is 1.60. The maximum Gasteiger partial charge on any atom is 0.120 e. The minimum atomic E-state index is 1.02. The fraction of sp³-hybridized carbons (Fsp3) is 0.625. The molecule has 1 aromatic heterocycles. The van der Waals surface area contributed by atoms with Crippen LogP contribution in [0.4, 0.5) is 0 Å². The minimum absolute atomic E-state index is 1.02. The van der Waals surface area contributed by atoms with E-state index in [1.54, 1.807) is 11.3 Å². The molecule has 0 aliphatic heterocycles. The zero-order valence-corrected chi connectivity index (χ0v) is 9.76. The molecule has 0 atom stereocenters. The Morgan fingerprint density at radius 2 is 2.33 bits per heavy atom. The van der Waals surface area contributed by atoms with E-state index in [1.807, 2.05) is 7.05 Å². The molecule has 1 rings (SSSR count). The summed E-state index contributed by atoms with van der Waals surface area (Å²) in [5.74, 6) is 0. The quantitative estimate of drug-likeness (QED) is 0.885. The maximum absolute atomic E-state index is 4.39. The van der Waals surface area contributed by atoms with Crippen molar-refractivity contribution in [1.82, 2.24) is 10.3 Å². The molecule has 12 heavy (non-hydrogen) atoms. The molecule has 2 nitrogen and oxygen atoms in total. The van der Waals surface area contributed by atoms with E-state index in [4.69, 9.17) is 0 Å². The van der Waals surface area contributed by atoms with Crippen LogP contribution in [0.15, 0.2) is 4.60 Å². The maximum atomic E-state index is 4.39. The van der Waals surface area contributed by atoms with Gasteiger partial charge < -0.3 is 5.32 Å². The average molecular weight is 249 g/mol. The molecule has 1 aromatic rings. The lowest BCUT2D eigenvalue weighted by molar-refractivity contribution is 0.796. The van der Waals surface area contributed by atoms with Crippen molar-refractivity contribution in [3.05, 3.63) is 14.5 Å². The topological polar surface area (TPSA) is 24.9 Å². The summed E-state index contributed by atoms with van der Waals surface area (Å²) < 4.78 is 1.03. The van der Waals surface area contributed by atoms with Crippen LogP contribution in [0.2, 0.25) is 0 Å². The second-order valence-electron chi connectivity index (χ2n) is 2.53. The lowest BCUT2D eigenvalue weighted by atomic mass is 10.4. The lowest BCUT2D eigenvalue weighted by Crippen LogP contribution is -2.09. The summed E-state index contributed by atoms with van der Waals surface area (Å²) in [5, 5.41) is 4.34. The highest BCUT2D eigenvalue weighted by atomic mass is 79.9. The smallest absolute Gasteiger partial charge is 0.120 e. The first-order valence-electron chi connectivity index (χ1n) is 4.06. The van der Waals surface area contributed by atoms with Crippen LogP contribution < -0.4 is 5.32 Å². The molecule has 0 fully saturated rings. The normalized spacial score (nSPS) is 10.6. The molecule has 4 heteroatoms. The van der Waals surface area contributed by atoms with Crippen LogP contribution in [-0.4, -0.2) is 18.6 Å². The molecule has 0 radical (unpaired) electrons. The Kier molecular flexibility index (Phi) is 4.18. The zero-order chi connectivity index (χ0) is 8.97. The van der Waals surface area contributed by atoms with Crippen LogP contribution in [0.25, 0.3) is 0 Å². The Morgan fingerprint density at radius 1 is 1.58 bits per heavy atom. The Morgan fingerprint density at radius 3 is 2.83 bits per heavy atom. The molecule has 0 amide bonds. The van der Waals surface area contributed by atoms with E-state index in [0.717, 1.165) is 24.0 Å². The van der Waals surface area contributed by atoms with Crippen molar-refractivity contribution >= 4 is 27.3 Å². The summed E-state index contributed by atoms with van der Waals surface area (Å²) in [6.07, 6.45) is 2.09. The standard InChI is InChI=1S/C8H13BrN2S/c1-3-7-11-8(9)6(12-7)4-5-10-2/h10H,3-5H2,1-2H3. The van der Waals surface area contributed by atoms with Crippen molar-refractivity contribution in [3.63, 3.8) is 0 Å². The summed E-state index contributed by atoms with van der Waals surface area (Å²) in [6.45, 7) is 3.15. The van der Waals surface area contributed by atoms with Gasteiger partial charge in [-0.2, -0.15) is 0 Å². The second kappa shape index (κ2) is 4.94. The fourth-order valence-corrected chi connectivity index (χ4v) is 2.60. The Hall–Kier alpha value is 0.0700. The molecule has 0 aliphatic carbocycles. The Bertz CT molecular complexity index is 247. The third-order valence-corrected chi connectivity index (χ3v) is 3.78. The monoisotopic (exact) mass is 248 g/mol. The van der Waals surface area contributed by atoms with Crippen LogP contribution in [0, 0.1) is 0 Å². The van der Waals surface area contributed by atoms with Crippen molar-refractivity contribution in [2.45, 2.75) is 19.8 Å². The number of aromatic nitrogens is 1. The van der Waals surface area contributed by atoms with Gasteiger partial charge in [0.1, 0.15) is 4.60 Å².